The van der Waals surface area contributed by atoms with Crippen LogP contribution in [0.25, 0.3) is 0 Å². The van der Waals surface area contributed by atoms with Crippen LogP contribution in [-0.2, 0) is 6.54 Å². The molecule has 1 rings (SSSR count). The Morgan fingerprint density at radius 3 is 2.69 bits per heavy atom. The van der Waals surface area contributed by atoms with Crippen molar-refractivity contribution in [3.63, 3.8) is 0 Å². The van der Waals surface area contributed by atoms with E-state index in [9.17, 15) is 0 Å². The van der Waals surface area contributed by atoms with Crippen LogP contribution in [0.2, 0.25) is 0 Å². The summed E-state index contributed by atoms with van der Waals surface area (Å²) in [6.07, 6.45) is 0. The van der Waals surface area contributed by atoms with Gasteiger partial charge in [-0.2, -0.15) is 0 Å². The lowest BCUT2D eigenvalue weighted by atomic mass is 10.2. The van der Waals surface area contributed by atoms with Crippen molar-refractivity contribution in [3.05, 3.63) is 35.9 Å². The molecular formula is C13H19NO2. The molecule has 1 aromatic rings. The van der Waals surface area contributed by atoms with E-state index in [-0.39, 0.29) is 0 Å². The minimum Gasteiger partial charge on any atom is -0.493 e. The standard InChI is InChI=1S/C13H19NO2/c1-10(2)9-16-12-6-5-11(8-14-3)7-13(12)15-4/h5-7,14H,1,8-9H2,2-4H3. The lowest BCUT2D eigenvalue weighted by Crippen LogP contribution is -2.06. The highest BCUT2D eigenvalue weighted by atomic mass is 16.5. The molecule has 0 amide bonds. The largest absolute Gasteiger partial charge is 0.493 e. The van der Waals surface area contributed by atoms with Gasteiger partial charge in [-0.3, -0.25) is 0 Å². The molecule has 0 aliphatic rings. The molecule has 3 nitrogen and oxygen atoms in total. The van der Waals surface area contributed by atoms with Gasteiger partial charge >= 0.3 is 0 Å². The van der Waals surface area contributed by atoms with E-state index in [2.05, 4.69) is 11.9 Å². The predicted octanol–water partition coefficient (Wildman–Crippen LogP) is 2.37. The van der Waals surface area contributed by atoms with Gasteiger partial charge in [-0.1, -0.05) is 12.6 Å². The Balaban J connectivity index is 2.80. The van der Waals surface area contributed by atoms with Crippen LogP contribution in [0.15, 0.2) is 30.4 Å². The first-order chi connectivity index (χ1) is 7.67. The predicted molar refractivity (Wildman–Crippen MR) is 66.1 cm³/mol. The lowest BCUT2D eigenvalue weighted by Gasteiger charge is -2.12. The first kappa shape index (κ1) is 12.6. The maximum absolute atomic E-state index is 5.58. The molecule has 0 bridgehead atoms. The monoisotopic (exact) mass is 221 g/mol. The van der Waals surface area contributed by atoms with Crippen LogP contribution in [0.5, 0.6) is 11.5 Å². The number of benzene rings is 1. The molecule has 0 saturated carbocycles. The number of hydrogen-bond donors (Lipinski definition) is 1. The molecular weight excluding hydrogens is 202 g/mol. The van der Waals surface area contributed by atoms with Gasteiger partial charge in [0.1, 0.15) is 6.61 Å². The fourth-order valence-electron chi connectivity index (χ4n) is 1.35. The Bertz CT molecular complexity index is 361. The average molecular weight is 221 g/mol. The summed E-state index contributed by atoms with van der Waals surface area (Å²) in [5.41, 5.74) is 2.16. The van der Waals surface area contributed by atoms with Crippen LogP contribution in [0.1, 0.15) is 12.5 Å². The van der Waals surface area contributed by atoms with E-state index < -0.39 is 0 Å². The molecule has 3 heteroatoms. The summed E-state index contributed by atoms with van der Waals surface area (Å²) in [6, 6.07) is 5.92. The molecule has 0 unspecified atom stereocenters. The van der Waals surface area contributed by atoms with Crippen molar-refractivity contribution in [2.45, 2.75) is 13.5 Å². The van der Waals surface area contributed by atoms with Crippen LogP contribution < -0.4 is 14.8 Å². The number of hydrogen-bond acceptors (Lipinski definition) is 3. The molecule has 0 atom stereocenters. The summed E-state index contributed by atoms with van der Waals surface area (Å²) in [5, 5.41) is 3.09. The van der Waals surface area contributed by atoms with Crippen LogP contribution in [0.4, 0.5) is 0 Å². The zero-order valence-electron chi connectivity index (χ0n) is 10.2. The van der Waals surface area contributed by atoms with E-state index in [4.69, 9.17) is 9.47 Å². The van der Waals surface area contributed by atoms with Crippen molar-refractivity contribution in [2.24, 2.45) is 0 Å². The molecule has 0 aromatic heterocycles. The molecule has 0 radical (unpaired) electrons. The Morgan fingerprint density at radius 1 is 1.38 bits per heavy atom. The third kappa shape index (κ3) is 3.59. The molecule has 0 aliphatic heterocycles. The normalized spacial score (nSPS) is 9.94. The highest BCUT2D eigenvalue weighted by Gasteiger charge is 2.05. The summed E-state index contributed by atoms with van der Waals surface area (Å²) in [5.74, 6) is 1.51. The van der Waals surface area contributed by atoms with Gasteiger partial charge in [0.25, 0.3) is 0 Å². The molecule has 0 aliphatic carbocycles. The van der Waals surface area contributed by atoms with E-state index in [1.165, 1.54) is 5.56 Å². The van der Waals surface area contributed by atoms with Crippen molar-refractivity contribution >= 4 is 0 Å². The minimum atomic E-state index is 0.516. The van der Waals surface area contributed by atoms with Crippen LogP contribution in [-0.4, -0.2) is 20.8 Å². The van der Waals surface area contributed by atoms with E-state index >= 15 is 0 Å². The summed E-state index contributed by atoms with van der Waals surface area (Å²) in [7, 11) is 3.56. The SMILES string of the molecule is C=C(C)COc1ccc(CNC)cc1OC. The first-order valence-corrected chi connectivity index (χ1v) is 5.26. The maximum atomic E-state index is 5.58. The van der Waals surface area contributed by atoms with Gasteiger partial charge in [0.15, 0.2) is 11.5 Å². The fourth-order valence-corrected chi connectivity index (χ4v) is 1.35. The summed E-state index contributed by atoms with van der Waals surface area (Å²) in [6.45, 7) is 7.06. The van der Waals surface area contributed by atoms with Gasteiger partial charge in [-0.25, -0.2) is 0 Å². The van der Waals surface area contributed by atoms with Gasteiger partial charge in [-0.05, 0) is 37.2 Å². The van der Waals surface area contributed by atoms with Crippen molar-refractivity contribution < 1.29 is 9.47 Å². The van der Waals surface area contributed by atoms with Gasteiger partial charge in [0, 0.05) is 6.54 Å². The van der Waals surface area contributed by atoms with E-state index in [0.29, 0.717) is 6.61 Å². The lowest BCUT2D eigenvalue weighted by molar-refractivity contribution is 0.319. The number of rotatable bonds is 6. The molecule has 0 fully saturated rings. The highest BCUT2D eigenvalue weighted by molar-refractivity contribution is 5.43. The number of methoxy groups -OCH3 is 1. The number of nitrogens with one attached hydrogen (secondary N) is 1. The van der Waals surface area contributed by atoms with Crippen molar-refractivity contribution in [2.75, 3.05) is 20.8 Å². The van der Waals surface area contributed by atoms with Crippen LogP contribution in [0, 0.1) is 0 Å². The van der Waals surface area contributed by atoms with Gasteiger partial charge in [-0.15, -0.1) is 0 Å². The second-order valence-corrected chi connectivity index (χ2v) is 3.76. The molecule has 1 N–H and O–H groups in total. The summed E-state index contributed by atoms with van der Waals surface area (Å²) in [4.78, 5) is 0. The Morgan fingerprint density at radius 2 is 2.12 bits per heavy atom. The average Bonchev–Trinajstić information content (AvgIpc) is 2.27. The van der Waals surface area contributed by atoms with Gasteiger partial charge in [0.2, 0.25) is 0 Å². The first-order valence-electron chi connectivity index (χ1n) is 5.26. The molecule has 1 aromatic carbocycles. The van der Waals surface area contributed by atoms with E-state index in [0.717, 1.165) is 23.6 Å². The third-order valence-corrected chi connectivity index (χ3v) is 2.08. The highest BCUT2D eigenvalue weighted by Crippen LogP contribution is 2.28. The van der Waals surface area contributed by atoms with Crippen molar-refractivity contribution in [3.8, 4) is 11.5 Å². The Kier molecular flexibility index (Phi) is 4.86. The molecule has 16 heavy (non-hydrogen) atoms. The smallest absolute Gasteiger partial charge is 0.161 e. The summed E-state index contributed by atoms with van der Waals surface area (Å²) < 4.78 is 10.9. The van der Waals surface area contributed by atoms with Crippen LogP contribution >= 0.6 is 0 Å². The van der Waals surface area contributed by atoms with Crippen LogP contribution in [0.3, 0.4) is 0 Å². The zero-order valence-corrected chi connectivity index (χ0v) is 10.2. The summed E-state index contributed by atoms with van der Waals surface area (Å²) >= 11 is 0. The molecule has 88 valence electrons. The Hall–Kier alpha value is -1.48. The maximum Gasteiger partial charge on any atom is 0.161 e. The fraction of sp³-hybridized carbons (Fsp3) is 0.385. The quantitative estimate of drug-likeness (QED) is 0.748. The minimum absolute atomic E-state index is 0.516. The van der Waals surface area contributed by atoms with E-state index in [1.807, 2.05) is 32.2 Å². The molecule has 0 spiro atoms. The third-order valence-electron chi connectivity index (χ3n) is 2.08. The Labute approximate surface area is 97.1 Å². The van der Waals surface area contributed by atoms with Crippen molar-refractivity contribution in [1.29, 1.82) is 0 Å². The van der Waals surface area contributed by atoms with Gasteiger partial charge < -0.3 is 14.8 Å². The van der Waals surface area contributed by atoms with Crippen molar-refractivity contribution in [1.82, 2.24) is 5.32 Å². The molecule has 0 saturated heterocycles. The zero-order chi connectivity index (χ0) is 12.0. The second-order valence-electron chi connectivity index (χ2n) is 3.76. The second kappa shape index (κ2) is 6.18. The number of ether oxygens (including phenoxy) is 2. The topological polar surface area (TPSA) is 30.5 Å². The van der Waals surface area contributed by atoms with Gasteiger partial charge in [0.05, 0.1) is 7.11 Å². The van der Waals surface area contributed by atoms with E-state index in [1.54, 1.807) is 7.11 Å². The molecule has 0 heterocycles.